The van der Waals surface area contributed by atoms with E-state index in [1.165, 1.54) is 0 Å². The molecule has 4 nitrogen and oxygen atoms in total. The van der Waals surface area contributed by atoms with Crippen LogP contribution in [0.5, 0.6) is 0 Å². The van der Waals surface area contributed by atoms with Gasteiger partial charge in [0.1, 0.15) is 0 Å². The minimum absolute atomic E-state index is 0.0451. The van der Waals surface area contributed by atoms with Crippen LogP contribution in [0.3, 0.4) is 0 Å². The number of carboxylic acid groups (broad SMARTS) is 1. The summed E-state index contributed by atoms with van der Waals surface area (Å²) in [5.41, 5.74) is -0.959. The van der Waals surface area contributed by atoms with Gasteiger partial charge in [-0.15, -0.1) is 0 Å². The molecule has 0 aliphatic heterocycles. The minimum atomic E-state index is -0.880. The van der Waals surface area contributed by atoms with Crippen molar-refractivity contribution in [3.8, 4) is 0 Å². The van der Waals surface area contributed by atoms with E-state index >= 15 is 0 Å². The second kappa shape index (κ2) is 5.93. The van der Waals surface area contributed by atoms with Crippen molar-refractivity contribution in [1.82, 2.24) is 5.32 Å². The number of aliphatic carboxylic acids is 1. The molecular formula is C15H27NO3. The number of carbonyl (C=O) groups excluding carboxylic acids is 1. The molecule has 0 radical (unpaired) electrons. The lowest BCUT2D eigenvalue weighted by molar-refractivity contribution is -0.139. The average Bonchev–Trinajstić information content (AvgIpc) is 2.63. The first-order chi connectivity index (χ1) is 8.67. The number of nitrogens with one attached hydrogen (secondary N) is 1. The van der Waals surface area contributed by atoms with E-state index in [9.17, 15) is 9.59 Å². The highest BCUT2D eigenvalue weighted by Crippen LogP contribution is 2.43. The molecule has 1 saturated carbocycles. The summed E-state index contributed by atoms with van der Waals surface area (Å²) in [7, 11) is 0. The third-order valence-electron chi connectivity index (χ3n) is 3.89. The highest BCUT2D eigenvalue weighted by molar-refractivity contribution is 5.84. The lowest BCUT2D eigenvalue weighted by atomic mass is 9.77. The molecule has 4 heteroatoms. The van der Waals surface area contributed by atoms with E-state index in [1.807, 2.05) is 0 Å². The van der Waals surface area contributed by atoms with Crippen molar-refractivity contribution in [1.29, 1.82) is 0 Å². The summed E-state index contributed by atoms with van der Waals surface area (Å²) in [5.74, 6) is -0.356. The summed E-state index contributed by atoms with van der Waals surface area (Å²) in [6, 6.07) is 0. The first-order valence-electron chi connectivity index (χ1n) is 7.21. The molecule has 0 heterocycles. The Morgan fingerprint density at radius 1 is 1.26 bits per heavy atom. The van der Waals surface area contributed by atoms with Crippen molar-refractivity contribution >= 4 is 11.9 Å². The van der Waals surface area contributed by atoms with Gasteiger partial charge in [0.2, 0.25) is 5.91 Å². The summed E-state index contributed by atoms with van der Waals surface area (Å²) in [5, 5.41) is 11.8. The van der Waals surface area contributed by atoms with Gasteiger partial charge in [0.25, 0.3) is 0 Å². The van der Waals surface area contributed by atoms with Gasteiger partial charge >= 0.3 is 5.97 Å². The highest BCUT2D eigenvalue weighted by Gasteiger charge is 2.43. The average molecular weight is 269 g/mol. The molecule has 0 aromatic rings. The van der Waals surface area contributed by atoms with Gasteiger partial charge < -0.3 is 10.4 Å². The van der Waals surface area contributed by atoms with Crippen LogP contribution in [-0.2, 0) is 9.59 Å². The van der Waals surface area contributed by atoms with Crippen LogP contribution in [0.25, 0.3) is 0 Å². The van der Waals surface area contributed by atoms with Gasteiger partial charge in [-0.05, 0) is 39.0 Å². The quantitative estimate of drug-likeness (QED) is 0.779. The van der Waals surface area contributed by atoms with Crippen molar-refractivity contribution in [2.75, 3.05) is 0 Å². The van der Waals surface area contributed by atoms with Crippen LogP contribution in [0.4, 0.5) is 0 Å². The summed E-state index contributed by atoms with van der Waals surface area (Å²) < 4.78 is 0. The highest BCUT2D eigenvalue weighted by atomic mass is 16.4. The molecule has 0 aromatic heterocycles. The van der Waals surface area contributed by atoms with Crippen molar-refractivity contribution in [2.24, 2.45) is 11.3 Å². The minimum Gasteiger partial charge on any atom is -0.481 e. The second-order valence-electron chi connectivity index (χ2n) is 6.99. The van der Waals surface area contributed by atoms with E-state index in [2.05, 4.69) is 19.2 Å². The summed E-state index contributed by atoms with van der Waals surface area (Å²) in [6.45, 7) is 7.82. The lowest BCUT2D eigenvalue weighted by Gasteiger charge is -2.34. The van der Waals surface area contributed by atoms with E-state index in [0.717, 1.165) is 32.1 Å². The Bertz CT molecular complexity index is 341. The van der Waals surface area contributed by atoms with Crippen LogP contribution in [0.1, 0.15) is 66.2 Å². The van der Waals surface area contributed by atoms with Crippen molar-refractivity contribution in [3.63, 3.8) is 0 Å². The molecule has 1 amide bonds. The van der Waals surface area contributed by atoms with Gasteiger partial charge in [-0.25, -0.2) is 0 Å². The number of rotatable bonds is 6. The van der Waals surface area contributed by atoms with Crippen LogP contribution in [-0.4, -0.2) is 22.5 Å². The molecule has 0 aromatic carbocycles. The first kappa shape index (κ1) is 16.0. The summed E-state index contributed by atoms with van der Waals surface area (Å²) in [6.07, 6.45) is 4.90. The number of carbonyl (C=O) groups is 2. The van der Waals surface area contributed by atoms with E-state index in [4.69, 9.17) is 5.11 Å². The molecule has 1 rings (SSSR count). The van der Waals surface area contributed by atoms with Gasteiger partial charge in [0.05, 0.1) is 6.42 Å². The van der Waals surface area contributed by atoms with Crippen LogP contribution < -0.4 is 5.32 Å². The monoisotopic (exact) mass is 269 g/mol. The van der Waals surface area contributed by atoms with Crippen LogP contribution in [0.15, 0.2) is 0 Å². The predicted octanol–water partition coefficient (Wildman–Crippen LogP) is 2.96. The molecule has 0 spiro atoms. The number of amides is 1. The van der Waals surface area contributed by atoms with Gasteiger partial charge in [-0.3, -0.25) is 9.59 Å². The smallest absolute Gasteiger partial charge is 0.305 e. The molecule has 19 heavy (non-hydrogen) atoms. The Morgan fingerprint density at radius 3 is 2.21 bits per heavy atom. The predicted molar refractivity (Wildman–Crippen MR) is 74.8 cm³/mol. The normalized spacial score (nSPS) is 18.6. The Balaban J connectivity index is 2.75. The molecule has 0 unspecified atom stereocenters. The number of carboxylic acids is 1. The zero-order chi connectivity index (χ0) is 14.7. The van der Waals surface area contributed by atoms with Crippen LogP contribution in [0.2, 0.25) is 0 Å². The van der Waals surface area contributed by atoms with Crippen LogP contribution in [0, 0.1) is 11.3 Å². The fourth-order valence-electron chi connectivity index (χ4n) is 3.22. The van der Waals surface area contributed by atoms with Crippen molar-refractivity contribution < 1.29 is 14.7 Å². The largest absolute Gasteiger partial charge is 0.481 e. The zero-order valence-electron chi connectivity index (χ0n) is 12.6. The fraction of sp³-hybridized carbons (Fsp3) is 0.867. The molecule has 0 saturated heterocycles. The SMILES string of the molecule is CC(C)CC1(C(=O)NC(C)(C)CC(=O)O)CCCC1. The van der Waals surface area contributed by atoms with Crippen molar-refractivity contribution in [3.05, 3.63) is 0 Å². The molecule has 1 aliphatic rings. The molecular weight excluding hydrogens is 242 g/mol. The van der Waals surface area contributed by atoms with Crippen molar-refractivity contribution in [2.45, 2.75) is 71.8 Å². The molecule has 0 bridgehead atoms. The Labute approximate surface area is 116 Å². The van der Waals surface area contributed by atoms with Crippen LogP contribution >= 0.6 is 0 Å². The van der Waals surface area contributed by atoms with Gasteiger partial charge in [-0.2, -0.15) is 0 Å². The maximum absolute atomic E-state index is 12.6. The number of hydrogen-bond acceptors (Lipinski definition) is 2. The van der Waals surface area contributed by atoms with E-state index in [-0.39, 0.29) is 17.7 Å². The summed E-state index contributed by atoms with van der Waals surface area (Å²) >= 11 is 0. The molecule has 2 N–H and O–H groups in total. The standard InChI is InChI=1S/C15H27NO3/c1-11(2)9-15(7-5-6-8-15)13(19)16-14(3,4)10-12(17)18/h11H,5-10H2,1-4H3,(H,16,19)(H,17,18). The lowest BCUT2D eigenvalue weighted by Crippen LogP contribution is -2.51. The first-order valence-corrected chi connectivity index (χ1v) is 7.21. The van der Waals surface area contributed by atoms with E-state index in [0.29, 0.717) is 5.92 Å². The zero-order valence-corrected chi connectivity index (χ0v) is 12.6. The molecule has 0 atom stereocenters. The third-order valence-corrected chi connectivity index (χ3v) is 3.89. The molecule has 110 valence electrons. The Morgan fingerprint density at radius 2 is 1.79 bits per heavy atom. The second-order valence-corrected chi connectivity index (χ2v) is 6.99. The van der Waals surface area contributed by atoms with E-state index in [1.54, 1.807) is 13.8 Å². The topological polar surface area (TPSA) is 66.4 Å². The van der Waals surface area contributed by atoms with Gasteiger partial charge in [0.15, 0.2) is 0 Å². The number of hydrogen-bond donors (Lipinski definition) is 2. The maximum Gasteiger partial charge on any atom is 0.305 e. The Kier molecular flexibility index (Phi) is 4.99. The Hall–Kier alpha value is -1.06. The van der Waals surface area contributed by atoms with E-state index < -0.39 is 11.5 Å². The van der Waals surface area contributed by atoms with Gasteiger partial charge in [0, 0.05) is 11.0 Å². The maximum atomic E-state index is 12.6. The molecule has 1 fully saturated rings. The van der Waals surface area contributed by atoms with Gasteiger partial charge in [-0.1, -0.05) is 26.7 Å². The molecule has 1 aliphatic carbocycles. The summed E-state index contributed by atoms with van der Waals surface area (Å²) in [4.78, 5) is 23.4. The third kappa shape index (κ3) is 4.51. The fourth-order valence-corrected chi connectivity index (χ4v) is 3.22.